The largest absolute Gasteiger partial charge is 0.465 e. The third kappa shape index (κ3) is 2.28. The van der Waals surface area contributed by atoms with Gasteiger partial charge in [0.05, 0.1) is 0 Å². The van der Waals surface area contributed by atoms with Crippen LogP contribution in [0.2, 0.25) is 5.02 Å². The van der Waals surface area contributed by atoms with E-state index in [1.165, 1.54) is 10.5 Å². The van der Waals surface area contributed by atoms with Crippen LogP contribution in [-0.2, 0) is 0 Å². The van der Waals surface area contributed by atoms with E-state index in [0.29, 0.717) is 19.0 Å². The van der Waals surface area contributed by atoms with E-state index >= 15 is 0 Å². The highest BCUT2D eigenvalue weighted by Crippen LogP contribution is 2.34. The monoisotopic (exact) mass is 278 g/mol. The second-order valence-electron chi connectivity index (χ2n) is 4.98. The van der Waals surface area contributed by atoms with Gasteiger partial charge in [0, 0.05) is 35.2 Å². The van der Waals surface area contributed by atoms with E-state index in [1.54, 1.807) is 0 Å². The summed E-state index contributed by atoms with van der Waals surface area (Å²) in [6.07, 6.45) is 2.94. The van der Waals surface area contributed by atoms with E-state index in [9.17, 15) is 4.79 Å². The van der Waals surface area contributed by atoms with Crippen molar-refractivity contribution in [2.24, 2.45) is 0 Å². The first-order chi connectivity index (χ1) is 9.15. The van der Waals surface area contributed by atoms with Crippen LogP contribution < -0.4 is 0 Å². The summed E-state index contributed by atoms with van der Waals surface area (Å²) in [5, 5.41) is 10.9. The summed E-state index contributed by atoms with van der Waals surface area (Å²) in [4.78, 5) is 15.6. The van der Waals surface area contributed by atoms with Gasteiger partial charge in [-0.3, -0.25) is 0 Å². The molecule has 0 atom stereocenters. The Morgan fingerprint density at radius 1 is 1.37 bits per heavy atom. The van der Waals surface area contributed by atoms with Crippen LogP contribution in [0.3, 0.4) is 0 Å². The van der Waals surface area contributed by atoms with Gasteiger partial charge >= 0.3 is 6.09 Å². The number of hydrogen-bond acceptors (Lipinski definition) is 1. The van der Waals surface area contributed by atoms with E-state index < -0.39 is 6.09 Å². The lowest BCUT2D eigenvalue weighted by molar-refractivity contribution is 0.132. The molecule has 1 saturated heterocycles. The minimum Gasteiger partial charge on any atom is -0.465 e. The van der Waals surface area contributed by atoms with Gasteiger partial charge in [-0.1, -0.05) is 11.6 Å². The van der Waals surface area contributed by atoms with Gasteiger partial charge in [0.1, 0.15) is 0 Å². The van der Waals surface area contributed by atoms with Crippen LogP contribution >= 0.6 is 11.6 Å². The first kappa shape index (κ1) is 12.4. The van der Waals surface area contributed by atoms with Gasteiger partial charge < -0.3 is 15.0 Å². The number of H-pyrrole nitrogens is 1. The van der Waals surface area contributed by atoms with Gasteiger partial charge in [0.2, 0.25) is 0 Å². The summed E-state index contributed by atoms with van der Waals surface area (Å²) in [6, 6.07) is 5.83. The van der Waals surface area contributed by atoms with Crippen LogP contribution in [-0.4, -0.2) is 34.2 Å². The molecule has 0 unspecified atom stereocenters. The number of amides is 1. The third-order valence-electron chi connectivity index (χ3n) is 3.88. The topological polar surface area (TPSA) is 56.3 Å². The van der Waals surface area contributed by atoms with E-state index in [0.717, 1.165) is 28.8 Å². The normalized spacial score (nSPS) is 17.0. The lowest BCUT2D eigenvalue weighted by Crippen LogP contribution is -2.36. The van der Waals surface area contributed by atoms with Crippen molar-refractivity contribution in [3.8, 4) is 0 Å². The first-order valence-electron chi connectivity index (χ1n) is 6.39. The van der Waals surface area contributed by atoms with Gasteiger partial charge in [-0.15, -0.1) is 0 Å². The number of rotatable bonds is 1. The Labute approximate surface area is 116 Å². The van der Waals surface area contributed by atoms with E-state index in [4.69, 9.17) is 16.7 Å². The van der Waals surface area contributed by atoms with Gasteiger partial charge in [-0.25, -0.2) is 4.79 Å². The average Bonchev–Trinajstić information content (AvgIpc) is 2.81. The molecular weight excluding hydrogens is 264 g/mol. The van der Waals surface area contributed by atoms with E-state index in [-0.39, 0.29) is 0 Å². The van der Waals surface area contributed by atoms with Crippen molar-refractivity contribution in [1.82, 2.24) is 9.88 Å². The number of fused-ring (bicyclic) bond motifs is 1. The maximum absolute atomic E-state index is 10.9. The van der Waals surface area contributed by atoms with Crippen LogP contribution in [0.15, 0.2) is 24.4 Å². The van der Waals surface area contributed by atoms with Crippen LogP contribution in [0.5, 0.6) is 0 Å². The zero-order valence-corrected chi connectivity index (χ0v) is 11.2. The van der Waals surface area contributed by atoms with Crippen molar-refractivity contribution in [3.05, 3.63) is 35.0 Å². The molecule has 100 valence electrons. The number of carboxylic acid groups (broad SMARTS) is 1. The van der Waals surface area contributed by atoms with E-state index in [1.807, 2.05) is 24.4 Å². The predicted octanol–water partition coefficient (Wildman–Crippen LogP) is 3.68. The molecule has 0 bridgehead atoms. The summed E-state index contributed by atoms with van der Waals surface area (Å²) in [7, 11) is 0. The van der Waals surface area contributed by atoms with Gasteiger partial charge in [0.25, 0.3) is 0 Å². The molecule has 0 aliphatic carbocycles. The molecule has 0 saturated carbocycles. The summed E-state index contributed by atoms with van der Waals surface area (Å²) >= 11 is 6.05. The number of aromatic amines is 1. The molecule has 1 fully saturated rings. The predicted molar refractivity (Wildman–Crippen MR) is 74.9 cm³/mol. The van der Waals surface area contributed by atoms with E-state index in [2.05, 4.69) is 4.98 Å². The minimum atomic E-state index is -0.819. The molecule has 4 nitrogen and oxygen atoms in total. The maximum atomic E-state index is 10.9. The molecule has 1 aromatic heterocycles. The summed E-state index contributed by atoms with van der Waals surface area (Å²) in [5.41, 5.74) is 2.34. The zero-order valence-electron chi connectivity index (χ0n) is 10.4. The Morgan fingerprint density at radius 3 is 2.79 bits per heavy atom. The number of benzene rings is 1. The van der Waals surface area contributed by atoms with Crippen LogP contribution in [0.1, 0.15) is 24.3 Å². The van der Waals surface area contributed by atoms with Crippen molar-refractivity contribution in [2.75, 3.05) is 13.1 Å². The lowest BCUT2D eigenvalue weighted by atomic mass is 9.89. The van der Waals surface area contributed by atoms with Crippen LogP contribution in [0, 0.1) is 0 Å². The number of nitrogens with zero attached hydrogens (tertiary/aromatic N) is 1. The molecule has 2 N–H and O–H groups in total. The highest BCUT2D eigenvalue weighted by molar-refractivity contribution is 6.31. The Balaban J connectivity index is 1.85. The summed E-state index contributed by atoms with van der Waals surface area (Å²) < 4.78 is 0. The fourth-order valence-corrected chi connectivity index (χ4v) is 3.01. The number of carbonyl (C=O) groups is 1. The molecule has 2 aromatic rings. The molecule has 2 heterocycles. The SMILES string of the molecule is O=C(O)N1CCC(c2c[nH]c3ccc(Cl)cc23)CC1. The highest BCUT2D eigenvalue weighted by Gasteiger charge is 2.25. The van der Waals surface area contributed by atoms with Gasteiger partial charge in [-0.2, -0.15) is 0 Å². The molecule has 0 spiro atoms. The zero-order chi connectivity index (χ0) is 13.4. The maximum Gasteiger partial charge on any atom is 0.407 e. The Morgan fingerprint density at radius 2 is 2.11 bits per heavy atom. The average molecular weight is 279 g/mol. The molecule has 1 amide bonds. The quantitative estimate of drug-likeness (QED) is 0.836. The molecule has 1 aliphatic rings. The number of piperidine rings is 1. The molecular formula is C14H15ClN2O2. The van der Waals surface area contributed by atoms with Crippen molar-refractivity contribution >= 4 is 28.6 Å². The van der Waals surface area contributed by atoms with Gasteiger partial charge in [0.15, 0.2) is 0 Å². The molecule has 1 aromatic carbocycles. The third-order valence-corrected chi connectivity index (χ3v) is 4.12. The fraction of sp³-hybridized carbons (Fsp3) is 0.357. The Bertz CT molecular complexity index is 615. The summed E-state index contributed by atoms with van der Waals surface area (Å²) in [5.74, 6) is 0.405. The number of halogens is 1. The fourth-order valence-electron chi connectivity index (χ4n) is 2.83. The Hall–Kier alpha value is -1.68. The number of likely N-dealkylation sites (tertiary alicyclic amines) is 1. The number of nitrogens with one attached hydrogen (secondary N) is 1. The molecule has 0 radical (unpaired) electrons. The van der Waals surface area contributed by atoms with Crippen LogP contribution in [0.4, 0.5) is 4.79 Å². The lowest BCUT2D eigenvalue weighted by Gasteiger charge is -2.29. The molecule has 19 heavy (non-hydrogen) atoms. The summed E-state index contributed by atoms with van der Waals surface area (Å²) in [6.45, 7) is 1.21. The second-order valence-corrected chi connectivity index (χ2v) is 5.41. The van der Waals surface area contributed by atoms with Crippen molar-refractivity contribution in [1.29, 1.82) is 0 Å². The number of aromatic nitrogens is 1. The van der Waals surface area contributed by atoms with Gasteiger partial charge in [-0.05, 0) is 42.5 Å². The molecule has 3 rings (SSSR count). The molecule has 5 heteroatoms. The molecule has 1 aliphatic heterocycles. The smallest absolute Gasteiger partial charge is 0.407 e. The van der Waals surface area contributed by atoms with Crippen molar-refractivity contribution in [2.45, 2.75) is 18.8 Å². The highest BCUT2D eigenvalue weighted by atomic mass is 35.5. The second kappa shape index (κ2) is 4.78. The standard InChI is InChI=1S/C14H15ClN2O2/c15-10-1-2-13-11(7-10)12(8-16-13)9-3-5-17(6-4-9)14(18)19/h1-2,7-9,16H,3-6H2,(H,18,19). The first-order valence-corrected chi connectivity index (χ1v) is 6.77. The van der Waals surface area contributed by atoms with Crippen molar-refractivity contribution < 1.29 is 9.90 Å². The van der Waals surface area contributed by atoms with Crippen molar-refractivity contribution in [3.63, 3.8) is 0 Å². The van der Waals surface area contributed by atoms with Crippen LogP contribution in [0.25, 0.3) is 10.9 Å². The Kier molecular flexibility index (Phi) is 3.11. The minimum absolute atomic E-state index is 0.405. The number of hydrogen-bond donors (Lipinski definition) is 2.